The van der Waals surface area contributed by atoms with Crippen LogP contribution >= 0.6 is 11.8 Å². The van der Waals surface area contributed by atoms with Crippen molar-refractivity contribution in [1.29, 1.82) is 0 Å². The molecule has 5 rings (SSSR count). The molecule has 160 valence electrons. The van der Waals surface area contributed by atoms with Gasteiger partial charge in [-0.05, 0) is 49.4 Å². The van der Waals surface area contributed by atoms with Crippen molar-refractivity contribution in [3.8, 4) is 11.5 Å². The molecule has 0 saturated carbocycles. The summed E-state index contributed by atoms with van der Waals surface area (Å²) in [7, 11) is 0. The van der Waals surface area contributed by atoms with E-state index in [0.29, 0.717) is 28.3 Å². The molecule has 0 bridgehead atoms. The largest absolute Gasteiger partial charge is 0.454 e. The summed E-state index contributed by atoms with van der Waals surface area (Å²) in [5, 5.41) is 2.82. The fourth-order valence-electron chi connectivity index (χ4n) is 3.45. The van der Waals surface area contributed by atoms with E-state index in [4.69, 9.17) is 9.47 Å². The quantitative estimate of drug-likeness (QED) is 0.339. The Morgan fingerprint density at radius 1 is 1.09 bits per heavy atom. The van der Waals surface area contributed by atoms with Gasteiger partial charge in [-0.15, -0.1) is 11.8 Å². The molecule has 3 heterocycles. The third-order valence-electron chi connectivity index (χ3n) is 5.06. The summed E-state index contributed by atoms with van der Waals surface area (Å²) in [6.07, 6.45) is 3.99. The second kappa shape index (κ2) is 8.39. The predicted molar refractivity (Wildman–Crippen MR) is 122 cm³/mol. The maximum absolute atomic E-state index is 12.8. The van der Waals surface area contributed by atoms with Crippen LogP contribution in [0.25, 0.3) is 5.65 Å². The number of thioether (sulfide) groups is 1. The van der Waals surface area contributed by atoms with Crippen molar-refractivity contribution in [2.75, 3.05) is 12.1 Å². The minimum atomic E-state index is -0.303. The number of ketones is 1. The van der Waals surface area contributed by atoms with E-state index in [1.807, 2.05) is 47.1 Å². The second-order valence-corrected chi connectivity index (χ2v) is 8.32. The van der Waals surface area contributed by atoms with Gasteiger partial charge in [0.25, 0.3) is 5.91 Å². The monoisotopic (exact) mass is 445 g/mol. The van der Waals surface area contributed by atoms with Gasteiger partial charge in [-0.1, -0.05) is 6.07 Å². The molecule has 8 heteroatoms. The van der Waals surface area contributed by atoms with Crippen molar-refractivity contribution < 1.29 is 19.1 Å². The number of amides is 1. The molecule has 0 radical (unpaired) electrons. The van der Waals surface area contributed by atoms with Gasteiger partial charge in [0.05, 0.1) is 11.4 Å². The highest BCUT2D eigenvalue weighted by atomic mass is 32.2. The number of imidazole rings is 1. The molecule has 0 aliphatic carbocycles. The zero-order valence-electron chi connectivity index (χ0n) is 17.2. The van der Waals surface area contributed by atoms with E-state index in [2.05, 4.69) is 10.3 Å². The molecular weight excluding hydrogens is 426 g/mol. The van der Waals surface area contributed by atoms with Crippen LogP contribution in [0.3, 0.4) is 0 Å². The van der Waals surface area contributed by atoms with Gasteiger partial charge in [-0.25, -0.2) is 4.98 Å². The molecule has 0 unspecified atom stereocenters. The Kier molecular flexibility index (Phi) is 5.28. The second-order valence-electron chi connectivity index (χ2n) is 7.27. The fraction of sp³-hybridized carbons (Fsp3) is 0.125. The molecule has 1 aliphatic heterocycles. The zero-order valence-corrected chi connectivity index (χ0v) is 18.0. The molecule has 7 nitrogen and oxygen atoms in total. The number of nitrogens with zero attached hydrogens (tertiary/aromatic N) is 2. The molecule has 0 saturated heterocycles. The summed E-state index contributed by atoms with van der Waals surface area (Å²) in [6, 6.07) is 16.5. The van der Waals surface area contributed by atoms with Crippen LogP contribution in [-0.4, -0.2) is 27.9 Å². The Labute approximate surface area is 188 Å². The Morgan fingerprint density at radius 3 is 2.62 bits per heavy atom. The average Bonchev–Trinajstić information content (AvgIpc) is 3.43. The lowest BCUT2D eigenvalue weighted by Gasteiger charge is -2.11. The van der Waals surface area contributed by atoms with Crippen LogP contribution in [0.5, 0.6) is 11.5 Å². The van der Waals surface area contributed by atoms with E-state index >= 15 is 0 Å². The summed E-state index contributed by atoms with van der Waals surface area (Å²) < 4.78 is 12.7. The molecule has 32 heavy (non-hydrogen) atoms. The van der Waals surface area contributed by atoms with Gasteiger partial charge < -0.3 is 19.2 Å². The van der Waals surface area contributed by atoms with Gasteiger partial charge >= 0.3 is 0 Å². The van der Waals surface area contributed by atoms with Crippen LogP contribution in [0.4, 0.5) is 5.69 Å². The number of hydrogen-bond acceptors (Lipinski definition) is 6. The number of carbonyl (C=O) groups excluding carboxylic acids is 2. The van der Waals surface area contributed by atoms with Crippen LogP contribution in [0.1, 0.15) is 33.3 Å². The van der Waals surface area contributed by atoms with E-state index in [9.17, 15) is 9.59 Å². The lowest BCUT2D eigenvalue weighted by atomic mass is 10.1. The van der Waals surface area contributed by atoms with Gasteiger partial charge in [-0.3, -0.25) is 9.59 Å². The first kappa shape index (κ1) is 20.1. The predicted octanol–water partition coefficient (Wildman–Crippen LogP) is 4.81. The minimum absolute atomic E-state index is 0.0954. The van der Waals surface area contributed by atoms with Crippen molar-refractivity contribution in [3.05, 3.63) is 83.8 Å². The van der Waals surface area contributed by atoms with Crippen LogP contribution in [0, 0.1) is 0 Å². The van der Waals surface area contributed by atoms with Gasteiger partial charge in [0.15, 0.2) is 17.3 Å². The summed E-state index contributed by atoms with van der Waals surface area (Å²) in [5.41, 5.74) is 3.18. The molecule has 1 N–H and O–H groups in total. The minimum Gasteiger partial charge on any atom is -0.454 e. The number of ether oxygens (including phenoxy) is 2. The van der Waals surface area contributed by atoms with E-state index in [-0.39, 0.29) is 18.5 Å². The summed E-state index contributed by atoms with van der Waals surface area (Å²) in [5.74, 6) is 1.26. The third-order valence-corrected chi connectivity index (χ3v) is 6.10. The van der Waals surface area contributed by atoms with Crippen molar-refractivity contribution >= 4 is 34.8 Å². The van der Waals surface area contributed by atoms with Gasteiger partial charge in [0.1, 0.15) is 5.65 Å². The number of anilines is 1. The molecule has 1 aliphatic rings. The first-order valence-electron chi connectivity index (χ1n) is 9.98. The molecule has 0 fully saturated rings. The van der Waals surface area contributed by atoms with Gasteiger partial charge in [0.2, 0.25) is 6.79 Å². The van der Waals surface area contributed by atoms with Crippen LogP contribution in [0.15, 0.2) is 71.9 Å². The lowest BCUT2D eigenvalue weighted by Crippen LogP contribution is -2.14. The van der Waals surface area contributed by atoms with Crippen LogP contribution in [0.2, 0.25) is 0 Å². The highest BCUT2D eigenvalue weighted by molar-refractivity contribution is 7.98. The number of Topliss-reactive ketones (excluding diaryl/α,β-unsaturated/α-hetero) is 1. The van der Waals surface area contributed by atoms with E-state index in [1.165, 1.54) is 6.92 Å². The maximum atomic E-state index is 12.8. The fourth-order valence-corrected chi connectivity index (χ4v) is 4.23. The number of nitrogens with one attached hydrogen (secondary N) is 1. The number of aromatic nitrogens is 2. The standard InChI is InChI=1S/C24H19N3O4S/c1-15(28)19-10-21-22(31-14-30-21)11-20(19)26-24(29)16-5-7-18(8-6-16)32-13-17-12-27-9-3-2-4-23(27)25-17/h2-12H,13-14H2,1H3,(H,26,29). The Bertz CT molecular complexity index is 1300. The van der Waals surface area contributed by atoms with Crippen molar-refractivity contribution in [2.45, 2.75) is 17.6 Å². The Morgan fingerprint density at radius 2 is 1.88 bits per heavy atom. The van der Waals surface area contributed by atoms with Crippen molar-refractivity contribution in [2.24, 2.45) is 0 Å². The molecular formula is C24H19N3O4S. The zero-order chi connectivity index (χ0) is 22.1. The molecule has 1 amide bonds. The maximum Gasteiger partial charge on any atom is 0.255 e. The van der Waals surface area contributed by atoms with Crippen molar-refractivity contribution in [3.63, 3.8) is 0 Å². The molecule has 4 aromatic rings. The number of fused-ring (bicyclic) bond motifs is 2. The topological polar surface area (TPSA) is 81.9 Å². The number of pyridine rings is 1. The number of rotatable bonds is 6. The van der Waals surface area contributed by atoms with E-state index in [1.54, 1.807) is 36.0 Å². The van der Waals surface area contributed by atoms with E-state index < -0.39 is 0 Å². The van der Waals surface area contributed by atoms with Crippen LogP contribution in [-0.2, 0) is 5.75 Å². The molecule has 2 aromatic heterocycles. The summed E-state index contributed by atoms with van der Waals surface area (Å²) >= 11 is 1.65. The molecule has 0 atom stereocenters. The average molecular weight is 446 g/mol. The highest BCUT2D eigenvalue weighted by Gasteiger charge is 2.20. The highest BCUT2D eigenvalue weighted by Crippen LogP contribution is 2.37. The van der Waals surface area contributed by atoms with Crippen molar-refractivity contribution in [1.82, 2.24) is 9.38 Å². The third kappa shape index (κ3) is 4.04. The molecule has 2 aromatic carbocycles. The molecule has 0 spiro atoms. The first-order chi connectivity index (χ1) is 15.6. The lowest BCUT2D eigenvalue weighted by molar-refractivity contribution is 0.101. The smallest absolute Gasteiger partial charge is 0.255 e. The Hall–Kier alpha value is -3.78. The van der Waals surface area contributed by atoms with Crippen LogP contribution < -0.4 is 14.8 Å². The van der Waals surface area contributed by atoms with Gasteiger partial charge in [0, 0.05) is 40.2 Å². The summed E-state index contributed by atoms with van der Waals surface area (Å²) in [6.45, 7) is 1.54. The number of hydrogen-bond donors (Lipinski definition) is 1. The number of carbonyl (C=O) groups is 2. The van der Waals surface area contributed by atoms with Gasteiger partial charge in [-0.2, -0.15) is 0 Å². The SMILES string of the molecule is CC(=O)c1cc2c(cc1NC(=O)c1ccc(SCc3cn4ccccc4n3)cc1)OCO2. The first-order valence-corrected chi connectivity index (χ1v) is 11.0. The summed E-state index contributed by atoms with van der Waals surface area (Å²) in [4.78, 5) is 30.4. The normalized spacial score (nSPS) is 12.2. The number of benzene rings is 2. The Balaban J connectivity index is 1.27. The van der Waals surface area contributed by atoms with E-state index in [0.717, 1.165) is 22.0 Å².